The minimum Gasteiger partial charge on any atom is -0.481 e. The van der Waals surface area contributed by atoms with Gasteiger partial charge in [-0.3, -0.25) is 9.59 Å². The lowest BCUT2D eigenvalue weighted by molar-refractivity contribution is -0.137. The van der Waals surface area contributed by atoms with Crippen LogP contribution in [0.15, 0.2) is 23.1 Å². The van der Waals surface area contributed by atoms with E-state index in [4.69, 9.17) is 5.11 Å². The normalized spacial score (nSPS) is 10.3. The molecule has 1 amide bonds. The van der Waals surface area contributed by atoms with Crippen molar-refractivity contribution in [3.8, 4) is 0 Å². The topological polar surface area (TPSA) is 66.4 Å². The van der Waals surface area contributed by atoms with Crippen molar-refractivity contribution in [1.82, 2.24) is 5.32 Å². The van der Waals surface area contributed by atoms with E-state index in [-0.39, 0.29) is 12.3 Å². The smallest absolute Gasteiger partial charge is 0.303 e. The van der Waals surface area contributed by atoms with Crippen LogP contribution >= 0.6 is 11.8 Å². The van der Waals surface area contributed by atoms with E-state index in [1.165, 1.54) is 16.0 Å². The molecule has 0 bridgehead atoms. The van der Waals surface area contributed by atoms with E-state index in [2.05, 4.69) is 37.4 Å². The van der Waals surface area contributed by atoms with Crippen LogP contribution in [-0.2, 0) is 9.59 Å². The number of thioether (sulfide) groups is 1. The summed E-state index contributed by atoms with van der Waals surface area (Å²) in [6.07, 6.45) is 1.02. The van der Waals surface area contributed by atoms with Gasteiger partial charge in [0.1, 0.15) is 0 Å². The fourth-order valence-electron chi connectivity index (χ4n) is 1.62. The van der Waals surface area contributed by atoms with Gasteiger partial charge in [0, 0.05) is 30.0 Å². The number of benzene rings is 1. The number of hydrogen-bond donors (Lipinski definition) is 2. The van der Waals surface area contributed by atoms with Crippen LogP contribution in [0.1, 0.15) is 30.4 Å². The number of aryl methyl sites for hydroxylation is 2. The van der Waals surface area contributed by atoms with Gasteiger partial charge in [-0.25, -0.2) is 0 Å². The first-order valence-electron chi connectivity index (χ1n) is 6.67. The van der Waals surface area contributed by atoms with Gasteiger partial charge in [-0.05, 0) is 43.5 Å². The number of amides is 1. The summed E-state index contributed by atoms with van der Waals surface area (Å²) in [5.41, 5.74) is 2.53. The monoisotopic (exact) mass is 295 g/mol. The van der Waals surface area contributed by atoms with E-state index in [0.29, 0.717) is 19.4 Å². The molecule has 5 heteroatoms. The summed E-state index contributed by atoms with van der Waals surface area (Å²) < 4.78 is 0. The van der Waals surface area contributed by atoms with Crippen LogP contribution in [0.5, 0.6) is 0 Å². The van der Waals surface area contributed by atoms with E-state index >= 15 is 0 Å². The lowest BCUT2D eigenvalue weighted by Crippen LogP contribution is -2.25. The van der Waals surface area contributed by atoms with Crippen molar-refractivity contribution in [3.05, 3.63) is 29.3 Å². The van der Waals surface area contributed by atoms with Gasteiger partial charge in [0.2, 0.25) is 5.91 Å². The zero-order valence-corrected chi connectivity index (χ0v) is 12.8. The lowest BCUT2D eigenvalue weighted by Gasteiger charge is -2.06. The van der Waals surface area contributed by atoms with Crippen molar-refractivity contribution in [1.29, 1.82) is 0 Å². The Morgan fingerprint density at radius 2 is 1.95 bits per heavy atom. The molecule has 0 unspecified atom stereocenters. The van der Waals surface area contributed by atoms with Gasteiger partial charge in [-0.1, -0.05) is 6.07 Å². The predicted molar refractivity (Wildman–Crippen MR) is 81.1 cm³/mol. The Kier molecular flexibility index (Phi) is 7.15. The number of carbonyl (C=O) groups excluding carboxylic acids is 1. The third kappa shape index (κ3) is 6.61. The second kappa shape index (κ2) is 8.64. The molecule has 0 radical (unpaired) electrons. The Morgan fingerprint density at radius 3 is 2.60 bits per heavy atom. The molecule has 0 saturated heterocycles. The van der Waals surface area contributed by atoms with Gasteiger partial charge in [0.05, 0.1) is 0 Å². The molecule has 0 aromatic heterocycles. The highest BCUT2D eigenvalue weighted by molar-refractivity contribution is 7.99. The van der Waals surface area contributed by atoms with Crippen LogP contribution in [-0.4, -0.2) is 29.3 Å². The number of rotatable bonds is 8. The molecule has 0 saturated carbocycles. The Hall–Kier alpha value is -1.49. The highest BCUT2D eigenvalue weighted by Crippen LogP contribution is 2.21. The first-order valence-corrected chi connectivity index (χ1v) is 7.66. The zero-order valence-electron chi connectivity index (χ0n) is 11.9. The number of carbonyl (C=O) groups is 2. The lowest BCUT2D eigenvalue weighted by atomic mass is 10.1. The maximum atomic E-state index is 11.5. The summed E-state index contributed by atoms with van der Waals surface area (Å²) in [4.78, 5) is 23.0. The highest BCUT2D eigenvalue weighted by atomic mass is 32.2. The van der Waals surface area contributed by atoms with Crippen LogP contribution in [0.25, 0.3) is 0 Å². The molecule has 1 rings (SSSR count). The summed E-state index contributed by atoms with van der Waals surface area (Å²) in [6, 6.07) is 6.28. The standard InChI is InChI=1S/C15H21NO3S/c1-11-5-6-13(10-12(11)2)20-9-7-14(17)16-8-3-4-15(18)19/h5-6,10H,3-4,7-9H2,1-2H3,(H,16,17)(H,18,19). The van der Waals surface area contributed by atoms with Crippen LogP contribution < -0.4 is 5.32 Å². The van der Waals surface area contributed by atoms with E-state index in [1.54, 1.807) is 11.8 Å². The fraction of sp³-hybridized carbons (Fsp3) is 0.467. The average Bonchev–Trinajstić information content (AvgIpc) is 2.39. The fourth-order valence-corrected chi connectivity index (χ4v) is 2.57. The van der Waals surface area contributed by atoms with Crippen LogP contribution in [0.3, 0.4) is 0 Å². The maximum Gasteiger partial charge on any atom is 0.303 e. The van der Waals surface area contributed by atoms with Crippen molar-refractivity contribution in [2.75, 3.05) is 12.3 Å². The molecule has 0 fully saturated rings. The first kappa shape index (κ1) is 16.6. The van der Waals surface area contributed by atoms with Gasteiger partial charge in [-0.15, -0.1) is 11.8 Å². The molecule has 0 aliphatic rings. The summed E-state index contributed by atoms with van der Waals surface area (Å²) in [5, 5.41) is 11.2. The minimum atomic E-state index is -0.829. The molecule has 0 aliphatic carbocycles. The summed E-state index contributed by atoms with van der Waals surface area (Å²) >= 11 is 1.66. The van der Waals surface area contributed by atoms with Gasteiger partial charge in [0.25, 0.3) is 0 Å². The Bertz CT molecular complexity index is 474. The maximum absolute atomic E-state index is 11.5. The largest absolute Gasteiger partial charge is 0.481 e. The Labute approximate surface area is 124 Å². The van der Waals surface area contributed by atoms with E-state index < -0.39 is 5.97 Å². The predicted octanol–water partition coefficient (Wildman–Crippen LogP) is 2.77. The van der Waals surface area contributed by atoms with Crippen LogP contribution in [0.2, 0.25) is 0 Å². The van der Waals surface area contributed by atoms with E-state index in [1.807, 2.05) is 0 Å². The van der Waals surface area contributed by atoms with Gasteiger partial charge in [-0.2, -0.15) is 0 Å². The van der Waals surface area contributed by atoms with E-state index in [0.717, 1.165) is 5.75 Å². The number of nitrogens with one attached hydrogen (secondary N) is 1. The molecule has 20 heavy (non-hydrogen) atoms. The first-order chi connectivity index (χ1) is 9.49. The molecular formula is C15H21NO3S. The Morgan fingerprint density at radius 1 is 1.20 bits per heavy atom. The molecule has 110 valence electrons. The number of aliphatic carboxylic acids is 1. The number of carboxylic acid groups (broad SMARTS) is 1. The van der Waals surface area contributed by atoms with Crippen LogP contribution in [0.4, 0.5) is 0 Å². The van der Waals surface area contributed by atoms with Crippen molar-refractivity contribution < 1.29 is 14.7 Å². The summed E-state index contributed by atoms with van der Waals surface area (Å²) in [5.74, 6) is -0.121. The molecule has 0 heterocycles. The van der Waals surface area contributed by atoms with Gasteiger partial charge >= 0.3 is 5.97 Å². The minimum absolute atomic E-state index is 0.0216. The van der Waals surface area contributed by atoms with Crippen molar-refractivity contribution >= 4 is 23.6 Å². The van der Waals surface area contributed by atoms with Crippen molar-refractivity contribution in [2.24, 2.45) is 0 Å². The van der Waals surface area contributed by atoms with Crippen molar-refractivity contribution in [3.63, 3.8) is 0 Å². The van der Waals surface area contributed by atoms with Gasteiger partial charge in [0.15, 0.2) is 0 Å². The SMILES string of the molecule is Cc1ccc(SCCC(=O)NCCCC(=O)O)cc1C. The third-order valence-corrected chi connectivity index (χ3v) is 3.96. The quantitative estimate of drug-likeness (QED) is 0.571. The zero-order chi connectivity index (χ0) is 15.0. The number of carboxylic acids is 1. The molecule has 0 aliphatic heterocycles. The summed E-state index contributed by atoms with van der Waals surface area (Å²) in [6.45, 7) is 4.59. The molecule has 1 aromatic rings. The molecule has 2 N–H and O–H groups in total. The second-order valence-corrected chi connectivity index (χ2v) is 5.86. The molecular weight excluding hydrogens is 274 g/mol. The highest BCUT2D eigenvalue weighted by Gasteiger charge is 2.03. The van der Waals surface area contributed by atoms with Gasteiger partial charge < -0.3 is 10.4 Å². The van der Waals surface area contributed by atoms with E-state index in [9.17, 15) is 9.59 Å². The average molecular weight is 295 g/mol. The third-order valence-electron chi connectivity index (χ3n) is 2.97. The molecule has 4 nitrogen and oxygen atoms in total. The Balaban J connectivity index is 2.18. The molecule has 0 spiro atoms. The second-order valence-electron chi connectivity index (χ2n) is 4.69. The molecule has 0 atom stereocenters. The van der Waals surface area contributed by atoms with Crippen LogP contribution in [0, 0.1) is 13.8 Å². The molecule has 1 aromatic carbocycles. The summed E-state index contributed by atoms with van der Waals surface area (Å²) in [7, 11) is 0. The number of hydrogen-bond acceptors (Lipinski definition) is 3. The van der Waals surface area contributed by atoms with Crippen molar-refractivity contribution in [2.45, 2.75) is 38.0 Å².